The number of anilines is 1. The Labute approximate surface area is 104 Å². The van der Waals surface area contributed by atoms with E-state index in [1.165, 1.54) is 5.32 Å². The summed E-state index contributed by atoms with van der Waals surface area (Å²) in [5.74, 6) is -8.08. The van der Waals surface area contributed by atoms with Gasteiger partial charge in [-0.05, 0) is 19.1 Å². The molecule has 3 nitrogen and oxygen atoms in total. The number of halogens is 5. The molecule has 1 aromatic rings. The Hall–Kier alpha value is -2.17. The first-order valence-electron chi connectivity index (χ1n) is 4.87. The van der Waals surface area contributed by atoms with E-state index >= 15 is 0 Å². The summed E-state index contributed by atoms with van der Waals surface area (Å²) in [5, 5.41) is 10.0. The van der Waals surface area contributed by atoms with Gasteiger partial charge in [-0.25, -0.2) is 13.2 Å². The largest absolute Gasteiger partial charge is 0.383 e. The van der Waals surface area contributed by atoms with Crippen LogP contribution in [0.15, 0.2) is 12.1 Å². The molecule has 0 spiro atoms. The molecule has 0 aliphatic heterocycles. The predicted molar refractivity (Wildman–Crippen MR) is 55.4 cm³/mol. The second-order valence-electron chi connectivity index (χ2n) is 3.62. The highest BCUT2D eigenvalue weighted by Crippen LogP contribution is 2.27. The van der Waals surface area contributed by atoms with E-state index in [0.717, 1.165) is 19.1 Å². The monoisotopic (exact) mass is 278 g/mol. The molecule has 0 atom stereocenters. The molecule has 102 valence electrons. The predicted octanol–water partition coefficient (Wildman–Crippen LogP) is 2.84. The van der Waals surface area contributed by atoms with Crippen LogP contribution < -0.4 is 5.32 Å². The summed E-state index contributed by atoms with van der Waals surface area (Å²) < 4.78 is 62.6. The minimum absolute atomic E-state index is 0.237. The van der Waals surface area contributed by atoms with Crippen LogP contribution in [0.4, 0.5) is 27.6 Å². The summed E-state index contributed by atoms with van der Waals surface area (Å²) in [5.41, 5.74) is -0.932. The highest BCUT2D eigenvalue weighted by Gasteiger charge is 2.49. The van der Waals surface area contributed by atoms with Crippen LogP contribution in [0.2, 0.25) is 0 Å². The molecule has 0 aliphatic rings. The Bertz CT molecular complexity index is 551. The third kappa shape index (κ3) is 2.99. The van der Waals surface area contributed by atoms with Crippen LogP contribution in [0.1, 0.15) is 11.1 Å². The van der Waals surface area contributed by atoms with Crippen LogP contribution in [0.3, 0.4) is 0 Å². The van der Waals surface area contributed by atoms with Crippen molar-refractivity contribution in [2.45, 2.75) is 19.3 Å². The molecule has 19 heavy (non-hydrogen) atoms. The van der Waals surface area contributed by atoms with Crippen molar-refractivity contribution in [3.8, 4) is 6.07 Å². The summed E-state index contributed by atoms with van der Waals surface area (Å²) in [6.07, 6.45) is -4.18. The third-order valence-electron chi connectivity index (χ3n) is 2.30. The van der Waals surface area contributed by atoms with Crippen molar-refractivity contribution in [1.82, 2.24) is 0 Å². The average molecular weight is 278 g/mol. The van der Waals surface area contributed by atoms with Gasteiger partial charge in [0.25, 0.3) is 0 Å². The molecule has 0 aliphatic carbocycles. The van der Waals surface area contributed by atoms with Crippen LogP contribution in [0.25, 0.3) is 0 Å². The van der Waals surface area contributed by atoms with Gasteiger partial charge in [0.2, 0.25) is 0 Å². The highest BCUT2D eigenvalue weighted by atomic mass is 19.3. The Morgan fingerprint density at radius 3 is 2.47 bits per heavy atom. The zero-order valence-corrected chi connectivity index (χ0v) is 9.48. The van der Waals surface area contributed by atoms with E-state index in [1.54, 1.807) is 6.07 Å². The summed E-state index contributed by atoms with van der Waals surface area (Å²) in [4.78, 5) is 11.0. The van der Waals surface area contributed by atoms with E-state index < -0.39 is 29.8 Å². The quantitative estimate of drug-likeness (QED) is 0.864. The third-order valence-corrected chi connectivity index (χ3v) is 2.30. The number of amides is 1. The molecule has 0 aromatic heterocycles. The van der Waals surface area contributed by atoms with E-state index in [0.29, 0.717) is 0 Å². The highest BCUT2D eigenvalue weighted by molar-refractivity contribution is 5.97. The van der Waals surface area contributed by atoms with Gasteiger partial charge in [-0.2, -0.15) is 14.0 Å². The van der Waals surface area contributed by atoms with Gasteiger partial charge in [0, 0.05) is 11.3 Å². The van der Waals surface area contributed by atoms with Crippen molar-refractivity contribution in [3.63, 3.8) is 0 Å². The van der Waals surface area contributed by atoms with Crippen LogP contribution in [0.5, 0.6) is 0 Å². The lowest BCUT2D eigenvalue weighted by atomic mass is 10.1. The lowest BCUT2D eigenvalue weighted by Gasteiger charge is -2.16. The van der Waals surface area contributed by atoms with Gasteiger partial charge in [0.15, 0.2) is 0 Å². The van der Waals surface area contributed by atoms with Gasteiger partial charge in [-0.15, -0.1) is 0 Å². The van der Waals surface area contributed by atoms with Gasteiger partial charge in [-0.3, -0.25) is 4.79 Å². The number of alkyl halides is 4. The van der Waals surface area contributed by atoms with Crippen molar-refractivity contribution in [1.29, 1.82) is 5.26 Å². The SMILES string of the molecule is Cc1c(F)cc(C#N)cc1NC(=O)C(F)(F)C(F)F. The fourth-order valence-corrected chi connectivity index (χ4v) is 1.18. The number of nitrogens with one attached hydrogen (secondary N) is 1. The molecular formula is C11H7F5N2O. The van der Waals surface area contributed by atoms with Crippen molar-refractivity contribution in [2.75, 3.05) is 5.32 Å². The standard InChI is InChI=1S/C11H7F5N2O/c1-5-7(12)2-6(4-17)3-8(5)18-10(19)11(15,16)9(13)14/h2-3,9H,1H3,(H,18,19). The van der Waals surface area contributed by atoms with Gasteiger partial charge < -0.3 is 5.32 Å². The minimum atomic E-state index is -4.90. The van der Waals surface area contributed by atoms with Gasteiger partial charge in [0.05, 0.1) is 11.6 Å². The number of hydrogen-bond donors (Lipinski definition) is 1. The van der Waals surface area contributed by atoms with E-state index in [2.05, 4.69) is 0 Å². The summed E-state index contributed by atoms with van der Waals surface area (Å²) in [6, 6.07) is 3.29. The molecule has 0 bridgehead atoms. The number of hydrogen-bond acceptors (Lipinski definition) is 2. The van der Waals surface area contributed by atoms with Crippen LogP contribution in [-0.4, -0.2) is 18.3 Å². The van der Waals surface area contributed by atoms with Crippen LogP contribution >= 0.6 is 0 Å². The fourth-order valence-electron chi connectivity index (χ4n) is 1.18. The van der Waals surface area contributed by atoms with E-state index in [4.69, 9.17) is 5.26 Å². The number of rotatable bonds is 3. The number of nitriles is 1. The van der Waals surface area contributed by atoms with Crippen LogP contribution in [-0.2, 0) is 4.79 Å². The second kappa shape index (κ2) is 5.22. The zero-order valence-electron chi connectivity index (χ0n) is 9.48. The van der Waals surface area contributed by atoms with Crippen molar-refractivity contribution in [2.24, 2.45) is 0 Å². The van der Waals surface area contributed by atoms with E-state index in [9.17, 15) is 26.7 Å². The molecule has 0 fully saturated rings. The Morgan fingerprint density at radius 2 is 2.00 bits per heavy atom. The zero-order chi connectivity index (χ0) is 14.8. The maximum Gasteiger partial charge on any atom is 0.383 e. The lowest BCUT2D eigenvalue weighted by molar-refractivity contribution is -0.163. The number of carbonyl (C=O) groups excluding carboxylic acids is 1. The molecule has 0 heterocycles. The molecule has 0 saturated carbocycles. The summed E-state index contributed by atoms with van der Waals surface area (Å²) >= 11 is 0. The first kappa shape index (κ1) is 14.9. The first-order chi connectivity index (χ1) is 8.70. The number of carbonyl (C=O) groups is 1. The Morgan fingerprint density at radius 1 is 1.42 bits per heavy atom. The molecule has 8 heteroatoms. The van der Waals surface area contributed by atoms with Crippen molar-refractivity contribution in [3.05, 3.63) is 29.1 Å². The molecular weight excluding hydrogens is 271 g/mol. The van der Waals surface area contributed by atoms with Gasteiger partial charge in [0.1, 0.15) is 5.82 Å². The maximum absolute atomic E-state index is 13.3. The Balaban J connectivity index is 3.11. The van der Waals surface area contributed by atoms with E-state index in [1.807, 2.05) is 0 Å². The number of benzene rings is 1. The summed E-state index contributed by atoms with van der Waals surface area (Å²) in [6.45, 7) is 1.15. The first-order valence-corrected chi connectivity index (χ1v) is 4.87. The lowest BCUT2D eigenvalue weighted by Crippen LogP contribution is -2.41. The van der Waals surface area contributed by atoms with Gasteiger partial charge in [-0.1, -0.05) is 0 Å². The van der Waals surface area contributed by atoms with Gasteiger partial charge >= 0.3 is 18.3 Å². The molecule has 0 saturated heterocycles. The topological polar surface area (TPSA) is 52.9 Å². The summed E-state index contributed by atoms with van der Waals surface area (Å²) in [7, 11) is 0. The molecule has 1 aromatic carbocycles. The maximum atomic E-state index is 13.3. The molecule has 1 rings (SSSR count). The smallest absolute Gasteiger partial charge is 0.320 e. The minimum Gasteiger partial charge on any atom is -0.320 e. The fraction of sp³-hybridized carbons (Fsp3) is 0.273. The Kier molecular flexibility index (Phi) is 4.09. The second-order valence-corrected chi connectivity index (χ2v) is 3.62. The van der Waals surface area contributed by atoms with Crippen LogP contribution in [0, 0.1) is 24.1 Å². The number of nitrogens with zero attached hydrogens (tertiary/aromatic N) is 1. The molecule has 1 amide bonds. The molecule has 1 N–H and O–H groups in total. The normalized spacial score (nSPS) is 11.3. The van der Waals surface area contributed by atoms with Crippen molar-refractivity contribution >= 4 is 11.6 Å². The average Bonchev–Trinajstić information content (AvgIpc) is 2.34. The van der Waals surface area contributed by atoms with E-state index in [-0.39, 0.29) is 11.1 Å². The molecule has 0 radical (unpaired) electrons. The molecule has 0 unspecified atom stereocenters. The van der Waals surface area contributed by atoms with Crippen molar-refractivity contribution < 1.29 is 26.7 Å².